The average Bonchev–Trinajstić information content (AvgIpc) is 3.05. The third-order valence-corrected chi connectivity index (χ3v) is 7.27. The van der Waals surface area contributed by atoms with Crippen LogP contribution in [0, 0.1) is 13.8 Å². The maximum Gasteiger partial charge on any atom is 0.318 e. The highest BCUT2D eigenvalue weighted by Crippen LogP contribution is 2.35. The highest BCUT2D eigenvalue weighted by molar-refractivity contribution is 7.99. The molecule has 2 heterocycles. The van der Waals surface area contributed by atoms with Crippen LogP contribution in [0.15, 0.2) is 28.2 Å². The second-order valence-electron chi connectivity index (χ2n) is 7.42. The zero-order valence-corrected chi connectivity index (χ0v) is 18.4. The van der Waals surface area contributed by atoms with Gasteiger partial charge in [0.25, 0.3) is 5.56 Å². The van der Waals surface area contributed by atoms with Gasteiger partial charge in [0.2, 0.25) is 5.91 Å². The first-order chi connectivity index (χ1) is 14.3. The third-order valence-electron chi connectivity index (χ3n) is 5.15. The second kappa shape index (κ2) is 8.23. The minimum atomic E-state index is -0.901. The Hall–Kier alpha value is -2.65. The Balaban J connectivity index is 1.88. The molecule has 0 spiro atoms. The molecule has 3 aromatic rings. The first-order valence-electron chi connectivity index (χ1n) is 9.72. The molecule has 4 rings (SSSR count). The summed E-state index contributed by atoms with van der Waals surface area (Å²) >= 11 is 2.69. The molecule has 9 heteroatoms. The topological polar surface area (TPSA) is 107 Å². The lowest BCUT2D eigenvalue weighted by Crippen LogP contribution is -2.36. The van der Waals surface area contributed by atoms with Gasteiger partial charge in [0, 0.05) is 4.88 Å². The van der Waals surface area contributed by atoms with E-state index >= 15 is 0 Å². The van der Waals surface area contributed by atoms with Gasteiger partial charge >= 0.3 is 6.03 Å². The number of thiophene rings is 1. The molecule has 0 radical (unpaired) electrons. The van der Waals surface area contributed by atoms with Gasteiger partial charge in [-0.25, -0.2) is 9.78 Å². The molecule has 1 aliphatic rings. The minimum absolute atomic E-state index is 0.0725. The van der Waals surface area contributed by atoms with Crippen molar-refractivity contribution in [1.29, 1.82) is 0 Å². The molecule has 0 aliphatic heterocycles. The van der Waals surface area contributed by atoms with E-state index in [0.29, 0.717) is 15.4 Å². The van der Waals surface area contributed by atoms with Crippen molar-refractivity contribution in [1.82, 2.24) is 14.9 Å². The molecule has 0 atom stereocenters. The molecule has 30 heavy (non-hydrogen) atoms. The Bertz CT molecular complexity index is 1230. The number of primary amides is 1. The number of thioether (sulfide) groups is 1. The first-order valence-corrected chi connectivity index (χ1v) is 11.5. The van der Waals surface area contributed by atoms with Crippen LogP contribution in [0.1, 0.15) is 34.4 Å². The van der Waals surface area contributed by atoms with Crippen LogP contribution in [0.3, 0.4) is 0 Å². The monoisotopic (exact) mass is 442 g/mol. The summed E-state index contributed by atoms with van der Waals surface area (Å²) in [4.78, 5) is 43.3. The summed E-state index contributed by atoms with van der Waals surface area (Å²) in [6.07, 6.45) is 4.07. The second-order valence-corrected chi connectivity index (χ2v) is 9.44. The first kappa shape index (κ1) is 20.6. The Morgan fingerprint density at radius 3 is 2.77 bits per heavy atom. The zero-order valence-electron chi connectivity index (χ0n) is 16.8. The number of urea groups is 1. The molecule has 156 valence electrons. The SMILES string of the molecule is Cc1ccc(-n2c(SCC(=O)NC(N)=O)nc3sc4c(c3c2=O)CCCC4)c(C)c1. The van der Waals surface area contributed by atoms with Crippen LogP contribution in [0.25, 0.3) is 15.9 Å². The van der Waals surface area contributed by atoms with Crippen molar-refractivity contribution in [3.8, 4) is 5.69 Å². The van der Waals surface area contributed by atoms with Gasteiger partial charge < -0.3 is 5.73 Å². The smallest absolute Gasteiger partial charge is 0.318 e. The Labute approximate surface area is 181 Å². The Morgan fingerprint density at radius 2 is 2.03 bits per heavy atom. The Morgan fingerprint density at radius 1 is 1.27 bits per heavy atom. The summed E-state index contributed by atoms with van der Waals surface area (Å²) in [6.45, 7) is 3.95. The van der Waals surface area contributed by atoms with Gasteiger partial charge in [-0.2, -0.15) is 0 Å². The summed E-state index contributed by atoms with van der Waals surface area (Å²) in [5, 5.41) is 3.17. The number of rotatable bonds is 4. The molecule has 3 N–H and O–H groups in total. The number of hydrogen-bond donors (Lipinski definition) is 2. The predicted molar refractivity (Wildman–Crippen MR) is 120 cm³/mol. The van der Waals surface area contributed by atoms with Crippen molar-refractivity contribution in [2.45, 2.75) is 44.7 Å². The highest BCUT2D eigenvalue weighted by Gasteiger charge is 2.23. The van der Waals surface area contributed by atoms with Gasteiger partial charge in [-0.15, -0.1) is 11.3 Å². The van der Waals surface area contributed by atoms with E-state index in [9.17, 15) is 14.4 Å². The van der Waals surface area contributed by atoms with Crippen LogP contribution in [0.5, 0.6) is 0 Å². The molecule has 0 unspecified atom stereocenters. The maximum atomic E-state index is 13.7. The number of carbonyl (C=O) groups excluding carboxylic acids is 2. The molecule has 3 amide bonds. The van der Waals surface area contributed by atoms with Crippen molar-refractivity contribution < 1.29 is 9.59 Å². The molecular formula is C21H22N4O3S2. The van der Waals surface area contributed by atoms with Crippen molar-refractivity contribution in [3.63, 3.8) is 0 Å². The summed E-state index contributed by atoms with van der Waals surface area (Å²) in [5.74, 6) is -0.601. The van der Waals surface area contributed by atoms with E-state index in [4.69, 9.17) is 10.7 Å². The lowest BCUT2D eigenvalue weighted by atomic mass is 9.97. The number of aryl methyl sites for hydroxylation is 4. The number of benzene rings is 1. The number of carbonyl (C=O) groups is 2. The van der Waals surface area contributed by atoms with Gasteiger partial charge in [0.15, 0.2) is 5.16 Å². The lowest BCUT2D eigenvalue weighted by molar-refractivity contribution is -0.117. The van der Waals surface area contributed by atoms with E-state index in [2.05, 4.69) is 0 Å². The summed E-state index contributed by atoms with van der Waals surface area (Å²) < 4.78 is 1.60. The van der Waals surface area contributed by atoms with Crippen molar-refractivity contribution >= 4 is 45.3 Å². The van der Waals surface area contributed by atoms with Crippen LogP contribution < -0.4 is 16.6 Å². The number of amides is 3. The number of nitrogens with zero attached hydrogens (tertiary/aromatic N) is 2. The van der Waals surface area contributed by atoms with Crippen LogP contribution >= 0.6 is 23.1 Å². The maximum absolute atomic E-state index is 13.7. The molecule has 0 bridgehead atoms. The summed E-state index contributed by atoms with van der Waals surface area (Å²) in [7, 11) is 0. The molecule has 2 aromatic heterocycles. The van der Waals surface area contributed by atoms with E-state index in [0.717, 1.165) is 59.8 Å². The molecule has 7 nitrogen and oxygen atoms in total. The van der Waals surface area contributed by atoms with Gasteiger partial charge in [-0.05, 0) is 56.7 Å². The Kier molecular flexibility index (Phi) is 5.66. The van der Waals surface area contributed by atoms with Crippen molar-refractivity contribution in [3.05, 3.63) is 50.1 Å². The molecular weight excluding hydrogens is 420 g/mol. The lowest BCUT2D eigenvalue weighted by Gasteiger charge is -2.15. The number of hydrogen-bond acceptors (Lipinski definition) is 6. The molecule has 0 saturated heterocycles. The quantitative estimate of drug-likeness (QED) is 0.476. The minimum Gasteiger partial charge on any atom is -0.351 e. The third kappa shape index (κ3) is 3.87. The van der Waals surface area contributed by atoms with Gasteiger partial charge in [-0.1, -0.05) is 29.5 Å². The number of fused-ring (bicyclic) bond motifs is 3. The fourth-order valence-electron chi connectivity index (χ4n) is 3.86. The van der Waals surface area contributed by atoms with E-state index < -0.39 is 11.9 Å². The van der Waals surface area contributed by atoms with Crippen molar-refractivity contribution in [2.75, 3.05) is 5.75 Å². The average molecular weight is 443 g/mol. The number of aromatic nitrogens is 2. The van der Waals surface area contributed by atoms with Gasteiger partial charge in [-0.3, -0.25) is 19.5 Å². The van der Waals surface area contributed by atoms with Crippen LogP contribution in [-0.4, -0.2) is 27.2 Å². The fraction of sp³-hybridized carbons (Fsp3) is 0.333. The standard InChI is InChI=1S/C21H22N4O3S2/c1-11-7-8-14(12(2)9-11)25-19(27)17-13-5-3-4-6-15(13)30-18(17)24-21(25)29-10-16(26)23-20(22)28/h7-9H,3-6,10H2,1-2H3,(H3,22,23,26,28). The normalized spacial score (nSPS) is 13.3. The molecule has 0 fully saturated rings. The fourth-order valence-corrected chi connectivity index (χ4v) is 5.96. The van der Waals surface area contributed by atoms with Gasteiger partial charge in [0.05, 0.1) is 16.8 Å². The van der Waals surface area contributed by atoms with E-state index in [1.165, 1.54) is 4.88 Å². The van der Waals surface area contributed by atoms with Crippen LogP contribution in [0.2, 0.25) is 0 Å². The highest BCUT2D eigenvalue weighted by atomic mass is 32.2. The molecule has 1 aromatic carbocycles. The number of nitrogens with two attached hydrogens (primary N) is 1. The zero-order chi connectivity index (χ0) is 21.4. The summed E-state index contributed by atoms with van der Waals surface area (Å²) in [5.41, 5.74) is 8.83. The van der Waals surface area contributed by atoms with E-state index in [1.807, 2.05) is 37.4 Å². The number of nitrogens with one attached hydrogen (secondary N) is 1. The van der Waals surface area contributed by atoms with Gasteiger partial charge in [0.1, 0.15) is 4.83 Å². The van der Waals surface area contributed by atoms with E-state index in [1.54, 1.807) is 15.9 Å². The van der Waals surface area contributed by atoms with E-state index in [-0.39, 0.29) is 11.3 Å². The summed E-state index contributed by atoms with van der Waals surface area (Å²) in [6, 6.07) is 4.98. The number of imide groups is 1. The van der Waals surface area contributed by atoms with Crippen LogP contribution in [-0.2, 0) is 17.6 Å². The molecule has 0 saturated carbocycles. The largest absolute Gasteiger partial charge is 0.351 e. The molecule has 1 aliphatic carbocycles. The van der Waals surface area contributed by atoms with Crippen molar-refractivity contribution in [2.24, 2.45) is 5.73 Å². The predicted octanol–water partition coefficient (Wildman–Crippen LogP) is 3.23. The van der Waals surface area contributed by atoms with Crippen LogP contribution in [0.4, 0.5) is 4.79 Å².